The number of fused-ring (bicyclic) bond motifs is 3. The molecule has 0 fully saturated rings. The molecule has 1 aliphatic rings. The summed E-state index contributed by atoms with van der Waals surface area (Å²) in [5, 5.41) is 4.03. The molecule has 102 valence electrons. The van der Waals surface area contributed by atoms with Gasteiger partial charge in [-0.3, -0.25) is 0 Å². The van der Waals surface area contributed by atoms with Crippen LogP contribution < -0.4 is 0 Å². The summed E-state index contributed by atoms with van der Waals surface area (Å²) in [4.78, 5) is 12.2. The van der Waals surface area contributed by atoms with Crippen LogP contribution in [0, 0.1) is 0 Å². The summed E-state index contributed by atoms with van der Waals surface area (Å²) in [6, 6.07) is 0. The molecule has 3 rings (SSSR count). The van der Waals surface area contributed by atoms with Crippen LogP contribution in [-0.2, 0) is 12.8 Å². The lowest BCUT2D eigenvalue weighted by Gasteiger charge is -2.12. The third-order valence-corrected chi connectivity index (χ3v) is 6.01. The number of hydrogen-bond acceptors (Lipinski definition) is 5. The number of aryl methyl sites for hydroxylation is 2. The van der Waals surface area contributed by atoms with Crippen LogP contribution in [0.15, 0.2) is 10.2 Å². The Morgan fingerprint density at radius 3 is 2.68 bits per heavy atom. The Labute approximate surface area is 126 Å². The number of rotatable bonds is 3. The fraction of sp³-hybridized carbons (Fsp3) is 0.571. The van der Waals surface area contributed by atoms with E-state index in [9.17, 15) is 0 Å². The third-order valence-electron chi connectivity index (χ3n) is 3.29. The van der Waals surface area contributed by atoms with Gasteiger partial charge in [-0.15, -0.1) is 23.1 Å². The standard InChI is InChI=1S/C14H18N2S3/c1-8(2)18-12-11-9-6-4-5-7-10(9)19-13(11)16-14(15-12)17-3/h8H,4-7H2,1-3H3. The van der Waals surface area contributed by atoms with E-state index in [-0.39, 0.29) is 0 Å². The summed E-state index contributed by atoms with van der Waals surface area (Å²) in [6.07, 6.45) is 7.14. The van der Waals surface area contributed by atoms with Gasteiger partial charge in [0, 0.05) is 15.5 Å². The molecule has 2 aromatic rings. The lowest BCUT2D eigenvalue weighted by atomic mass is 9.97. The van der Waals surface area contributed by atoms with Gasteiger partial charge in [-0.25, -0.2) is 9.97 Å². The Bertz CT molecular complexity index is 604. The van der Waals surface area contributed by atoms with Gasteiger partial charge in [0.05, 0.1) is 0 Å². The first-order valence-corrected chi connectivity index (χ1v) is 9.64. The molecule has 5 heteroatoms. The largest absolute Gasteiger partial charge is 0.215 e. The average molecular weight is 311 g/mol. The van der Waals surface area contributed by atoms with Crippen LogP contribution in [0.4, 0.5) is 0 Å². The Morgan fingerprint density at radius 2 is 1.95 bits per heavy atom. The lowest BCUT2D eigenvalue weighted by Crippen LogP contribution is -2.00. The van der Waals surface area contributed by atoms with Crippen molar-refractivity contribution in [2.45, 2.75) is 55.0 Å². The molecule has 2 heterocycles. The second-order valence-electron chi connectivity index (χ2n) is 5.07. The topological polar surface area (TPSA) is 25.8 Å². The van der Waals surface area contributed by atoms with Crippen molar-refractivity contribution in [2.24, 2.45) is 0 Å². The van der Waals surface area contributed by atoms with Crippen LogP contribution in [0.3, 0.4) is 0 Å². The maximum Gasteiger partial charge on any atom is 0.189 e. The summed E-state index contributed by atoms with van der Waals surface area (Å²) in [6.45, 7) is 4.46. The first-order chi connectivity index (χ1) is 9.19. The lowest BCUT2D eigenvalue weighted by molar-refractivity contribution is 0.699. The summed E-state index contributed by atoms with van der Waals surface area (Å²) >= 11 is 5.41. The Kier molecular flexibility index (Phi) is 4.06. The van der Waals surface area contributed by atoms with E-state index in [1.54, 1.807) is 22.2 Å². The monoisotopic (exact) mass is 310 g/mol. The highest BCUT2D eigenvalue weighted by Gasteiger charge is 2.21. The van der Waals surface area contributed by atoms with E-state index in [4.69, 9.17) is 9.97 Å². The van der Waals surface area contributed by atoms with Crippen molar-refractivity contribution in [1.29, 1.82) is 0 Å². The molecule has 0 saturated carbocycles. The summed E-state index contributed by atoms with van der Waals surface area (Å²) < 4.78 is 0. The highest BCUT2D eigenvalue weighted by atomic mass is 32.2. The molecule has 0 N–H and O–H groups in total. The fourth-order valence-electron chi connectivity index (χ4n) is 2.51. The molecule has 1 aliphatic carbocycles. The molecule has 0 spiro atoms. The van der Waals surface area contributed by atoms with Crippen LogP contribution in [-0.4, -0.2) is 21.5 Å². The second-order valence-corrected chi connectivity index (χ2v) is 8.50. The zero-order chi connectivity index (χ0) is 13.4. The molecule has 0 bridgehead atoms. The van der Waals surface area contributed by atoms with Crippen molar-refractivity contribution in [3.63, 3.8) is 0 Å². The van der Waals surface area contributed by atoms with Crippen molar-refractivity contribution < 1.29 is 0 Å². The van der Waals surface area contributed by atoms with Crippen LogP contribution in [0.2, 0.25) is 0 Å². The highest BCUT2D eigenvalue weighted by molar-refractivity contribution is 8.00. The predicted octanol–water partition coefficient (Wildman–Crippen LogP) is 4.79. The van der Waals surface area contributed by atoms with E-state index in [0.717, 1.165) is 5.16 Å². The Morgan fingerprint density at radius 1 is 1.16 bits per heavy atom. The van der Waals surface area contributed by atoms with Gasteiger partial charge in [0.25, 0.3) is 0 Å². The third kappa shape index (κ3) is 2.65. The van der Waals surface area contributed by atoms with Gasteiger partial charge >= 0.3 is 0 Å². The van der Waals surface area contributed by atoms with Crippen LogP contribution in [0.25, 0.3) is 10.2 Å². The number of nitrogens with zero attached hydrogens (tertiary/aromatic N) is 2. The van der Waals surface area contributed by atoms with Crippen LogP contribution >= 0.6 is 34.9 Å². The van der Waals surface area contributed by atoms with E-state index in [2.05, 4.69) is 20.1 Å². The van der Waals surface area contributed by atoms with Crippen LogP contribution in [0.5, 0.6) is 0 Å². The maximum absolute atomic E-state index is 4.76. The van der Waals surface area contributed by atoms with E-state index in [0.29, 0.717) is 5.25 Å². The Balaban J connectivity index is 2.21. The average Bonchev–Trinajstić information content (AvgIpc) is 2.76. The summed E-state index contributed by atoms with van der Waals surface area (Å²) in [5.41, 5.74) is 1.54. The minimum Gasteiger partial charge on any atom is -0.215 e. The van der Waals surface area contributed by atoms with Gasteiger partial charge in [-0.2, -0.15) is 0 Å². The van der Waals surface area contributed by atoms with Gasteiger partial charge in [-0.1, -0.05) is 25.6 Å². The highest BCUT2D eigenvalue weighted by Crippen LogP contribution is 2.41. The first-order valence-electron chi connectivity index (χ1n) is 6.72. The molecule has 0 unspecified atom stereocenters. The molecule has 0 atom stereocenters. The van der Waals surface area contributed by atoms with Gasteiger partial charge in [-0.05, 0) is 37.5 Å². The van der Waals surface area contributed by atoms with Gasteiger partial charge in [0.1, 0.15) is 9.86 Å². The van der Waals surface area contributed by atoms with E-state index in [1.165, 1.54) is 40.9 Å². The molecular weight excluding hydrogens is 292 g/mol. The minimum atomic E-state index is 0.562. The molecular formula is C14H18N2S3. The molecule has 2 aromatic heterocycles. The van der Waals surface area contributed by atoms with Gasteiger partial charge < -0.3 is 0 Å². The van der Waals surface area contributed by atoms with Gasteiger partial charge in [0.15, 0.2) is 5.16 Å². The van der Waals surface area contributed by atoms with E-state index in [1.807, 2.05) is 23.1 Å². The zero-order valence-corrected chi connectivity index (χ0v) is 14.0. The fourth-order valence-corrected chi connectivity index (χ4v) is 5.24. The van der Waals surface area contributed by atoms with E-state index < -0.39 is 0 Å². The van der Waals surface area contributed by atoms with E-state index >= 15 is 0 Å². The summed E-state index contributed by atoms with van der Waals surface area (Å²) in [5.74, 6) is 0. The molecule has 0 aliphatic heterocycles. The summed E-state index contributed by atoms with van der Waals surface area (Å²) in [7, 11) is 0. The molecule has 0 amide bonds. The number of hydrogen-bond donors (Lipinski definition) is 0. The number of thioether (sulfide) groups is 2. The predicted molar refractivity (Wildman–Crippen MR) is 86.8 cm³/mol. The van der Waals surface area contributed by atoms with Crippen molar-refractivity contribution in [1.82, 2.24) is 9.97 Å². The van der Waals surface area contributed by atoms with Crippen molar-refractivity contribution in [2.75, 3.05) is 6.26 Å². The van der Waals surface area contributed by atoms with Crippen molar-refractivity contribution in [3.8, 4) is 0 Å². The quantitative estimate of drug-likeness (QED) is 0.462. The first kappa shape index (κ1) is 13.7. The smallest absolute Gasteiger partial charge is 0.189 e. The van der Waals surface area contributed by atoms with Gasteiger partial charge in [0.2, 0.25) is 0 Å². The zero-order valence-electron chi connectivity index (χ0n) is 11.5. The normalized spacial score (nSPS) is 15.2. The Hall–Kier alpha value is -0.260. The second kappa shape index (κ2) is 5.62. The molecule has 0 radical (unpaired) electrons. The SMILES string of the molecule is CSc1nc(SC(C)C)c2c3c(sc2n1)CCCC3. The minimum absolute atomic E-state index is 0.562. The molecule has 2 nitrogen and oxygen atoms in total. The van der Waals surface area contributed by atoms with Crippen molar-refractivity contribution in [3.05, 3.63) is 10.4 Å². The molecule has 0 aromatic carbocycles. The molecule has 0 saturated heterocycles. The number of thiophene rings is 1. The van der Waals surface area contributed by atoms with Crippen LogP contribution in [0.1, 0.15) is 37.1 Å². The number of aromatic nitrogens is 2. The molecule has 19 heavy (non-hydrogen) atoms. The van der Waals surface area contributed by atoms with Crippen molar-refractivity contribution >= 4 is 45.1 Å². The maximum atomic E-state index is 4.76.